The first-order valence-corrected chi connectivity index (χ1v) is 5.35. The van der Waals surface area contributed by atoms with Crippen molar-refractivity contribution in [2.24, 2.45) is 0 Å². The first-order valence-electron chi connectivity index (χ1n) is 5.35. The molecule has 1 fully saturated rings. The van der Waals surface area contributed by atoms with Crippen LogP contribution in [-0.4, -0.2) is 24.8 Å². The zero-order valence-corrected chi connectivity index (χ0v) is 9.38. The number of hydrogen-bond donors (Lipinski definition) is 3. The Kier molecular flexibility index (Phi) is 2.35. The standard InChI is InChI=1S/C11H6BF2N3O2/c12-7-4(13)1-5-6(8(7)14)3(2-15-5)9-10(18)17-11(19)16-9/h1-2,9,15H,(H2,16,17,18,19). The van der Waals surface area contributed by atoms with E-state index in [-0.39, 0.29) is 16.5 Å². The fraction of sp³-hybridized carbons (Fsp3) is 0.0909. The first-order chi connectivity index (χ1) is 8.99. The number of aromatic amines is 1. The predicted molar refractivity (Wildman–Crippen MR) is 63.0 cm³/mol. The molecule has 0 spiro atoms. The predicted octanol–water partition coefficient (Wildman–Crippen LogP) is 0.120. The molecule has 1 aliphatic rings. The van der Waals surface area contributed by atoms with Crippen molar-refractivity contribution < 1.29 is 18.4 Å². The van der Waals surface area contributed by atoms with Gasteiger partial charge in [-0.1, -0.05) is 0 Å². The van der Waals surface area contributed by atoms with Crippen LogP contribution >= 0.6 is 0 Å². The second kappa shape index (κ2) is 3.81. The van der Waals surface area contributed by atoms with Gasteiger partial charge in [-0.3, -0.25) is 10.1 Å². The third-order valence-electron chi connectivity index (χ3n) is 3.01. The van der Waals surface area contributed by atoms with Gasteiger partial charge in [0.25, 0.3) is 5.91 Å². The molecule has 0 bridgehead atoms. The maximum atomic E-state index is 14.0. The number of rotatable bonds is 1. The topological polar surface area (TPSA) is 74.0 Å². The summed E-state index contributed by atoms with van der Waals surface area (Å²) in [5.74, 6) is -2.45. The number of halogens is 2. The highest BCUT2D eigenvalue weighted by molar-refractivity contribution is 6.33. The van der Waals surface area contributed by atoms with Gasteiger partial charge in [0.2, 0.25) is 0 Å². The van der Waals surface area contributed by atoms with Crippen molar-refractivity contribution >= 4 is 36.2 Å². The first kappa shape index (κ1) is 11.7. The van der Waals surface area contributed by atoms with E-state index in [9.17, 15) is 18.4 Å². The largest absolute Gasteiger partial charge is 0.361 e. The fourth-order valence-electron chi connectivity index (χ4n) is 2.12. The van der Waals surface area contributed by atoms with Crippen LogP contribution in [0.2, 0.25) is 0 Å². The Morgan fingerprint density at radius 1 is 1.26 bits per heavy atom. The maximum Gasteiger partial charge on any atom is 0.322 e. The van der Waals surface area contributed by atoms with Crippen molar-refractivity contribution in [1.29, 1.82) is 0 Å². The fourth-order valence-corrected chi connectivity index (χ4v) is 2.12. The van der Waals surface area contributed by atoms with Gasteiger partial charge in [0.1, 0.15) is 25.5 Å². The SMILES string of the molecule is [B]c1c(F)cc2[nH]cc(C3NC(=O)NC3=O)c2c1F. The number of benzene rings is 1. The Bertz CT molecular complexity index is 728. The van der Waals surface area contributed by atoms with Crippen LogP contribution in [0.25, 0.3) is 10.9 Å². The molecule has 8 heteroatoms. The molecule has 1 unspecified atom stereocenters. The van der Waals surface area contributed by atoms with Gasteiger partial charge >= 0.3 is 6.03 Å². The number of amides is 3. The molecule has 2 heterocycles. The third kappa shape index (κ3) is 1.60. The Labute approximate surface area is 106 Å². The van der Waals surface area contributed by atoms with Gasteiger partial charge in [-0.15, -0.1) is 0 Å². The number of H-pyrrole nitrogens is 1. The molecule has 1 atom stereocenters. The Morgan fingerprint density at radius 2 is 2.00 bits per heavy atom. The van der Waals surface area contributed by atoms with Crippen molar-refractivity contribution in [1.82, 2.24) is 15.6 Å². The molecule has 94 valence electrons. The molecule has 3 N–H and O–H groups in total. The van der Waals surface area contributed by atoms with E-state index in [0.717, 1.165) is 6.07 Å². The molecular weight excluding hydrogens is 255 g/mol. The highest BCUT2D eigenvalue weighted by Crippen LogP contribution is 2.28. The van der Waals surface area contributed by atoms with Crippen molar-refractivity contribution in [3.05, 3.63) is 29.5 Å². The summed E-state index contributed by atoms with van der Waals surface area (Å²) in [6.07, 6.45) is 1.34. The zero-order chi connectivity index (χ0) is 13.7. The molecule has 0 aliphatic carbocycles. The van der Waals surface area contributed by atoms with Gasteiger partial charge in [-0.05, 0) is 11.5 Å². The van der Waals surface area contributed by atoms with Crippen molar-refractivity contribution in [3.8, 4) is 0 Å². The summed E-state index contributed by atoms with van der Waals surface area (Å²) >= 11 is 0. The second-order valence-corrected chi connectivity index (χ2v) is 4.15. The molecule has 2 radical (unpaired) electrons. The molecule has 0 saturated carbocycles. The van der Waals surface area contributed by atoms with E-state index in [1.165, 1.54) is 6.20 Å². The van der Waals surface area contributed by atoms with Crippen LogP contribution in [0.4, 0.5) is 13.6 Å². The van der Waals surface area contributed by atoms with Crippen LogP contribution in [-0.2, 0) is 4.79 Å². The number of nitrogens with one attached hydrogen (secondary N) is 3. The van der Waals surface area contributed by atoms with Crippen LogP contribution in [0, 0.1) is 11.6 Å². The average molecular weight is 261 g/mol. The van der Waals surface area contributed by atoms with Gasteiger partial charge < -0.3 is 10.3 Å². The van der Waals surface area contributed by atoms with E-state index in [0.29, 0.717) is 0 Å². The lowest BCUT2D eigenvalue weighted by atomic mass is 9.91. The lowest BCUT2D eigenvalue weighted by molar-refractivity contribution is -0.120. The van der Waals surface area contributed by atoms with E-state index < -0.39 is 35.1 Å². The molecule has 2 aromatic rings. The van der Waals surface area contributed by atoms with Crippen molar-refractivity contribution in [2.45, 2.75) is 6.04 Å². The Morgan fingerprint density at radius 3 is 2.63 bits per heavy atom. The minimum absolute atomic E-state index is 0.0127. The van der Waals surface area contributed by atoms with E-state index in [2.05, 4.69) is 10.3 Å². The summed E-state index contributed by atoms with van der Waals surface area (Å²) in [5, 5.41) is 4.36. The number of carbonyl (C=O) groups is 2. The summed E-state index contributed by atoms with van der Waals surface area (Å²) in [4.78, 5) is 25.3. The molecule has 1 aromatic heterocycles. The lowest BCUT2D eigenvalue weighted by Crippen LogP contribution is -2.22. The van der Waals surface area contributed by atoms with E-state index >= 15 is 0 Å². The minimum Gasteiger partial charge on any atom is -0.361 e. The molecule has 1 aromatic carbocycles. The molecular formula is C11H6BF2N3O2. The van der Waals surface area contributed by atoms with Gasteiger partial charge in [-0.25, -0.2) is 13.6 Å². The number of urea groups is 1. The van der Waals surface area contributed by atoms with E-state index in [1.807, 2.05) is 5.32 Å². The van der Waals surface area contributed by atoms with Crippen LogP contribution in [0.3, 0.4) is 0 Å². The molecule has 19 heavy (non-hydrogen) atoms. The number of carbonyl (C=O) groups excluding carboxylic acids is 2. The zero-order valence-electron chi connectivity index (χ0n) is 9.38. The lowest BCUT2D eigenvalue weighted by Gasteiger charge is -2.07. The van der Waals surface area contributed by atoms with Crippen molar-refractivity contribution in [2.75, 3.05) is 0 Å². The van der Waals surface area contributed by atoms with E-state index in [1.54, 1.807) is 0 Å². The van der Waals surface area contributed by atoms with Crippen LogP contribution in [0.15, 0.2) is 12.3 Å². The van der Waals surface area contributed by atoms with Gasteiger partial charge in [0.15, 0.2) is 0 Å². The minimum atomic E-state index is -1.03. The summed E-state index contributed by atoms with van der Waals surface area (Å²) in [6, 6.07) is -0.660. The quantitative estimate of drug-likeness (QED) is 0.504. The summed E-state index contributed by atoms with van der Waals surface area (Å²) < 4.78 is 27.3. The smallest absolute Gasteiger partial charge is 0.322 e. The Balaban J connectivity index is 2.23. The highest BCUT2D eigenvalue weighted by Gasteiger charge is 2.33. The Hall–Kier alpha value is -2.38. The molecule has 1 saturated heterocycles. The third-order valence-corrected chi connectivity index (χ3v) is 3.01. The molecule has 5 nitrogen and oxygen atoms in total. The summed E-state index contributed by atoms with van der Waals surface area (Å²) in [6.45, 7) is 0. The van der Waals surface area contributed by atoms with Gasteiger partial charge in [-0.2, -0.15) is 0 Å². The number of hydrogen-bond acceptors (Lipinski definition) is 2. The van der Waals surface area contributed by atoms with Crippen molar-refractivity contribution in [3.63, 3.8) is 0 Å². The molecule has 1 aliphatic heterocycles. The van der Waals surface area contributed by atoms with Crippen LogP contribution < -0.4 is 16.1 Å². The van der Waals surface area contributed by atoms with Gasteiger partial charge in [0.05, 0.1) is 5.52 Å². The molecule has 3 rings (SSSR count). The second-order valence-electron chi connectivity index (χ2n) is 4.15. The van der Waals surface area contributed by atoms with Gasteiger partial charge in [0, 0.05) is 17.1 Å². The summed E-state index contributed by atoms with van der Waals surface area (Å²) in [7, 11) is 5.28. The highest BCUT2D eigenvalue weighted by atomic mass is 19.1. The molecule has 3 amide bonds. The van der Waals surface area contributed by atoms with Crippen LogP contribution in [0.1, 0.15) is 11.6 Å². The summed E-state index contributed by atoms with van der Waals surface area (Å²) in [5.41, 5.74) is -0.270. The normalized spacial score (nSPS) is 18.7. The maximum absolute atomic E-state index is 14.0. The number of aromatic nitrogens is 1. The van der Waals surface area contributed by atoms with E-state index in [4.69, 9.17) is 7.85 Å². The number of imide groups is 1. The monoisotopic (exact) mass is 261 g/mol. The average Bonchev–Trinajstić information content (AvgIpc) is 2.89. The van der Waals surface area contributed by atoms with Crippen LogP contribution in [0.5, 0.6) is 0 Å². The number of fused-ring (bicyclic) bond motifs is 1.